The molecule has 20 heavy (non-hydrogen) atoms. The van der Waals surface area contributed by atoms with E-state index >= 15 is 0 Å². The third kappa shape index (κ3) is 2.10. The zero-order valence-corrected chi connectivity index (χ0v) is 10.7. The number of rotatable bonds is 2. The van der Waals surface area contributed by atoms with Gasteiger partial charge in [-0.05, 0) is 48.0 Å². The molecule has 0 aliphatic carbocycles. The van der Waals surface area contributed by atoms with Crippen LogP contribution in [0, 0.1) is 17.1 Å². The zero-order chi connectivity index (χ0) is 14.1. The van der Waals surface area contributed by atoms with Gasteiger partial charge in [-0.2, -0.15) is 5.26 Å². The topological polar surface area (TPSA) is 54.7 Å². The van der Waals surface area contributed by atoms with E-state index in [2.05, 4.69) is 6.07 Å². The lowest BCUT2D eigenvalue weighted by Crippen LogP contribution is -2.01. The van der Waals surface area contributed by atoms with E-state index in [1.165, 1.54) is 18.2 Å². The van der Waals surface area contributed by atoms with Crippen LogP contribution in [0.5, 0.6) is 0 Å². The molecule has 2 aromatic carbocycles. The summed E-state index contributed by atoms with van der Waals surface area (Å²) in [4.78, 5) is 0. The second-order valence-electron chi connectivity index (χ2n) is 4.68. The molecule has 0 unspecified atom stereocenters. The number of benzene rings is 2. The number of fused-ring (bicyclic) bond motifs is 1. The monoisotopic (exact) mass is 265 g/mol. The lowest BCUT2D eigenvalue weighted by molar-refractivity contribution is 0.623. The van der Waals surface area contributed by atoms with Crippen LogP contribution in [0.25, 0.3) is 10.9 Å². The highest BCUT2D eigenvalue weighted by molar-refractivity contribution is 5.83. The first-order valence-corrected chi connectivity index (χ1v) is 6.20. The second-order valence-corrected chi connectivity index (χ2v) is 4.68. The van der Waals surface area contributed by atoms with Gasteiger partial charge in [0.15, 0.2) is 0 Å². The number of hydrogen-bond acceptors (Lipinski definition) is 2. The summed E-state index contributed by atoms with van der Waals surface area (Å²) in [6.45, 7) is 0.452. The average Bonchev–Trinajstić information content (AvgIpc) is 2.81. The highest BCUT2D eigenvalue weighted by atomic mass is 19.1. The summed E-state index contributed by atoms with van der Waals surface area (Å²) in [6, 6.07) is 13.9. The molecule has 4 heteroatoms. The van der Waals surface area contributed by atoms with Gasteiger partial charge >= 0.3 is 0 Å². The van der Waals surface area contributed by atoms with Crippen LogP contribution in [-0.4, -0.2) is 4.57 Å². The van der Waals surface area contributed by atoms with E-state index in [4.69, 9.17) is 11.0 Å². The predicted octanol–water partition coefficient (Wildman–Crippen LogP) is 3.28. The molecule has 0 aliphatic rings. The van der Waals surface area contributed by atoms with Crippen LogP contribution in [-0.2, 0) is 6.54 Å². The summed E-state index contributed by atoms with van der Waals surface area (Å²) in [5.74, 6) is -0.334. The molecule has 2 N–H and O–H groups in total. The van der Waals surface area contributed by atoms with Crippen LogP contribution in [0.15, 0.2) is 48.7 Å². The van der Waals surface area contributed by atoms with Crippen molar-refractivity contribution >= 4 is 16.6 Å². The average molecular weight is 265 g/mol. The maximum absolute atomic E-state index is 13.3. The van der Waals surface area contributed by atoms with E-state index in [1.54, 1.807) is 0 Å². The minimum Gasteiger partial charge on any atom is -0.399 e. The van der Waals surface area contributed by atoms with Crippen molar-refractivity contribution in [1.29, 1.82) is 5.26 Å². The third-order valence-electron chi connectivity index (χ3n) is 3.32. The van der Waals surface area contributed by atoms with Crippen LogP contribution < -0.4 is 5.73 Å². The number of halogens is 1. The van der Waals surface area contributed by atoms with Crippen molar-refractivity contribution in [2.24, 2.45) is 0 Å². The molecule has 0 bridgehead atoms. The lowest BCUT2D eigenvalue weighted by atomic mass is 10.1. The van der Waals surface area contributed by atoms with Gasteiger partial charge in [-0.15, -0.1) is 0 Å². The molecule has 3 nitrogen and oxygen atoms in total. The van der Waals surface area contributed by atoms with Crippen LogP contribution in [0.2, 0.25) is 0 Å². The second kappa shape index (κ2) is 4.71. The van der Waals surface area contributed by atoms with Crippen molar-refractivity contribution in [3.63, 3.8) is 0 Å². The number of anilines is 1. The molecule has 0 atom stereocenters. The zero-order valence-electron chi connectivity index (χ0n) is 10.7. The number of nitriles is 1. The Hall–Kier alpha value is -2.80. The predicted molar refractivity (Wildman–Crippen MR) is 76.6 cm³/mol. The Balaban J connectivity index is 2.06. The van der Waals surface area contributed by atoms with E-state index in [0.717, 1.165) is 10.9 Å². The summed E-state index contributed by atoms with van der Waals surface area (Å²) in [6.07, 6.45) is 1.91. The van der Waals surface area contributed by atoms with E-state index in [9.17, 15) is 4.39 Å². The van der Waals surface area contributed by atoms with E-state index in [-0.39, 0.29) is 5.82 Å². The van der Waals surface area contributed by atoms with Crippen LogP contribution in [0.1, 0.15) is 11.1 Å². The first-order chi connectivity index (χ1) is 9.67. The van der Waals surface area contributed by atoms with Crippen molar-refractivity contribution < 1.29 is 4.39 Å². The molecule has 1 heterocycles. The van der Waals surface area contributed by atoms with Gasteiger partial charge < -0.3 is 10.3 Å². The van der Waals surface area contributed by atoms with Crippen molar-refractivity contribution in [3.8, 4) is 6.07 Å². The standard InChI is InChI=1S/C16H12FN3/c17-14-2-1-12(9-18)13(7-14)10-20-6-5-11-8-15(19)3-4-16(11)20/h1-8H,10,19H2. The Labute approximate surface area is 115 Å². The molecular weight excluding hydrogens is 253 g/mol. The van der Waals surface area contributed by atoms with Crippen LogP contribution in [0.4, 0.5) is 10.1 Å². The Kier molecular flexibility index (Phi) is 2.88. The number of hydrogen-bond donors (Lipinski definition) is 1. The SMILES string of the molecule is N#Cc1ccc(F)cc1Cn1ccc2cc(N)ccc21. The van der Waals surface area contributed by atoms with Gasteiger partial charge in [0.05, 0.1) is 11.6 Å². The van der Waals surface area contributed by atoms with Gasteiger partial charge in [-0.25, -0.2) is 4.39 Å². The molecule has 0 spiro atoms. The summed E-state index contributed by atoms with van der Waals surface area (Å²) in [5.41, 5.74) is 8.62. The minimum atomic E-state index is -0.334. The molecule has 0 amide bonds. The van der Waals surface area contributed by atoms with E-state index < -0.39 is 0 Å². The molecule has 3 rings (SSSR count). The molecule has 0 fully saturated rings. The smallest absolute Gasteiger partial charge is 0.123 e. The van der Waals surface area contributed by atoms with Gasteiger partial charge in [-0.3, -0.25) is 0 Å². The normalized spacial score (nSPS) is 10.6. The number of aromatic nitrogens is 1. The maximum Gasteiger partial charge on any atom is 0.123 e. The first-order valence-electron chi connectivity index (χ1n) is 6.20. The fourth-order valence-electron chi connectivity index (χ4n) is 2.34. The molecule has 0 saturated carbocycles. The van der Waals surface area contributed by atoms with Crippen molar-refractivity contribution in [3.05, 3.63) is 65.6 Å². The van der Waals surface area contributed by atoms with Gasteiger partial charge in [-0.1, -0.05) is 0 Å². The summed E-state index contributed by atoms with van der Waals surface area (Å²) >= 11 is 0. The first kappa shape index (κ1) is 12.2. The fraction of sp³-hybridized carbons (Fsp3) is 0.0625. The van der Waals surface area contributed by atoms with Crippen LogP contribution >= 0.6 is 0 Å². The molecule has 0 aliphatic heterocycles. The minimum absolute atomic E-state index is 0.334. The third-order valence-corrected chi connectivity index (χ3v) is 3.32. The Bertz CT molecular complexity index is 827. The van der Waals surface area contributed by atoms with Crippen molar-refractivity contribution in [1.82, 2.24) is 4.57 Å². The van der Waals surface area contributed by atoms with Crippen LogP contribution in [0.3, 0.4) is 0 Å². The Morgan fingerprint density at radius 1 is 1.15 bits per heavy atom. The largest absolute Gasteiger partial charge is 0.399 e. The number of nitrogens with zero attached hydrogens (tertiary/aromatic N) is 2. The Morgan fingerprint density at radius 2 is 2.00 bits per heavy atom. The summed E-state index contributed by atoms with van der Waals surface area (Å²) in [7, 11) is 0. The molecule has 3 aromatic rings. The number of nitrogen functional groups attached to an aromatic ring is 1. The van der Waals surface area contributed by atoms with Gasteiger partial charge in [0.25, 0.3) is 0 Å². The fourth-order valence-corrected chi connectivity index (χ4v) is 2.34. The highest BCUT2D eigenvalue weighted by Crippen LogP contribution is 2.21. The van der Waals surface area contributed by atoms with Gasteiger partial charge in [0, 0.05) is 29.3 Å². The van der Waals surface area contributed by atoms with Crippen molar-refractivity contribution in [2.45, 2.75) is 6.54 Å². The summed E-state index contributed by atoms with van der Waals surface area (Å²) < 4.78 is 15.3. The van der Waals surface area contributed by atoms with Gasteiger partial charge in [0.2, 0.25) is 0 Å². The molecular formula is C16H12FN3. The van der Waals surface area contributed by atoms with E-state index in [1.807, 2.05) is 35.0 Å². The molecule has 1 aromatic heterocycles. The highest BCUT2D eigenvalue weighted by Gasteiger charge is 2.07. The Morgan fingerprint density at radius 3 is 2.80 bits per heavy atom. The summed E-state index contributed by atoms with van der Waals surface area (Å²) in [5, 5.41) is 10.1. The lowest BCUT2D eigenvalue weighted by Gasteiger charge is -2.08. The number of nitrogens with two attached hydrogens (primary N) is 1. The van der Waals surface area contributed by atoms with Gasteiger partial charge in [0.1, 0.15) is 5.82 Å². The molecule has 98 valence electrons. The maximum atomic E-state index is 13.3. The molecule has 0 saturated heterocycles. The van der Waals surface area contributed by atoms with Crippen molar-refractivity contribution in [2.75, 3.05) is 5.73 Å². The van der Waals surface area contributed by atoms with E-state index in [0.29, 0.717) is 23.4 Å². The quantitative estimate of drug-likeness (QED) is 0.723. The molecule has 0 radical (unpaired) electrons.